The van der Waals surface area contributed by atoms with Gasteiger partial charge in [0.1, 0.15) is 12.4 Å². The molecule has 0 bridgehead atoms. The molecule has 1 rings (SSSR count). The van der Waals surface area contributed by atoms with E-state index in [1.54, 1.807) is 0 Å². The molecule has 112 valence electrons. The maximum atomic E-state index is 11.8. The van der Waals surface area contributed by atoms with Crippen LogP contribution in [0.25, 0.3) is 0 Å². The largest absolute Gasteiger partial charge is 0.492 e. The summed E-state index contributed by atoms with van der Waals surface area (Å²) in [4.78, 5) is 13.9. The first-order valence-corrected chi connectivity index (χ1v) is 6.97. The maximum absolute atomic E-state index is 11.8. The van der Waals surface area contributed by atoms with Crippen LogP contribution in [0.4, 0.5) is 5.69 Å². The minimum atomic E-state index is -0.460. The van der Waals surface area contributed by atoms with Gasteiger partial charge >= 0.3 is 0 Å². The molecule has 5 heteroatoms. The first-order valence-electron chi connectivity index (χ1n) is 6.97. The van der Waals surface area contributed by atoms with Gasteiger partial charge in [-0.05, 0) is 32.6 Å². The first kappa shape index (κ1) is 16.5. The molecule has 0 unspecified atom stereocenters. The van der Waals surface area contributed by atoms with Crippen LogP contribution in [0, 0.1) is 0 Å². The highest BCUT2D eigenvalue weighted by atomic mass is 16.5. The molecule has 0 aliphatic rings. The zero-order valence-corrected chi connectivity index (χ0v) is 12.6. The van der Waals surface area contributed by atoms with Crippen LogP contribution in [0.3, 0.4) is 0 Å². The number of benzene rings is 1. The molecule has 0 fully saturated rings. The smallest absolute Gasteiger partial charge is 0.241 e. The number of nitrogens with zero attached hydrogens (tertiary/aromatic N) is 1. The molecule has 0 saturated carbocycles. The summed E-state index contributed by atoms with van der Waals surface area (Å²) in [5.41, 5.74) is 6.49. The number of likely N-dealkylation sites (N-methyl/N-ethyl adjacent to an activating group) is 1. The van der Waals surface area contributed by atoms with Crippen molar-refractivity contribution in [1.29, 1.82) is 0 Å². The zero-order chi connectivity index (χ0) is 15.0. The Morgan fingerprint density at radius 1 is 1.45 bits per heavy atom. The van der Waals surface area contributed by atoms with E-state index in [9.17, 15) is 4.79 Å². The van der Waals surface area contributed by atoms with E-state index >= 15 is 0 Å². The molecule has 0 spiro atoms. The minimum absolute atomic E-state index is 0.155. The third-order valence-electron chi connectivity index (χ3n) is 2.85. The molecule has 1 atom stereocenters. The molecule has 0 saturated heterocycles. The van der Waals surface area contributed by atoms with Crippen molar-refractivity contribution in [2.45, 2.75) is 25.8 Å². The van der Waals surface area contributed by atoms with Crippen LogP contribution in [0.2, 0.25) is 0 Å². The van der Waals surface area contributed by atoms with Gasteiger partial charge in [-0.25, -0.2) is 0 Å². The first-order chi connectivity index (χ1) is 9.52. The Labute approximate surface area is 121 Å². The molecular formula is C15H25N3O2. The summed E-state index contributed by atoms with van der Waals surface area (Å²) in [6.07, 6.45) is 1.58. The Kier molecular flexibility index (Phi) is 7.04. The highest BCUT2D eigenvalue weighted by Crippen LogP contribution is 2.17. The predicted octanol–water partition coefficient (Wildman–Crippen LogP) is 1.69. The number of amides is 1. The minimum Gasteiger partial charge on any atom is -0.492 e. The summed E-state index contributed by atoms with van der Waals surface area (Å²) in [6.45, 7) is 3.46. The van der Waals surface area contributed by atoms with Gasteiger partial charge in [-0.2, -0.15) is 0 Å². The van der Waals surface area contributed by atoms with E-state index in [4.69, 9.17) is 10.5 Å². The normalized spacial score (nSPS) is 12.2. The van der Waals surface area contributed by atoms with Crippen molar-refractivity contribution >= 4 is 11.6 Å². The molecule has 1 aromatic rings. The fraction of sp³-hybridized carbons (Fsp3) is 0.533. The highest BCUT2D eigenvalue weighted by molar-refractivity contribution is 5.94. The quantitative estimate of drug-likeness (QED) is 0.760. The number of nitrogens with one attached hydrogen (secondary N) is 1. The summed E-state index contributed by atoms with van der Waals surface area (Å²) >= 11 is 0. The molecule has 0 aliphatic heterocycles. The molecule has 0 heterocycles. The van der Waals surface area contributed by atoms with Crippen molar-refractivity contribution < 1.29 is 9.53 Å². The van der Waals surface area contributed by atoms with Crippen LogP contribution in [0.5, 0.6) is 5.75 Å². The number of anilines is 1. The summed E-state index contributed by atoms with van der Waals surface area (Å²) in [5.74, 6) is 0.589. The van der Waals surface area contributed by atoms with E-state index in [2.05, 4.69) is 10.2 Å². The van der Waals surface area contributed by atoms with Gasteiger partial charge < -0.3 is 20.7 Å². The molecule has 0 aromatic heterocycles. The third-order valence-corrected chi connectivity index (χ3v) is 2.85. The van der Waals surface area contributed by atoms with E-state index in [1.807, 2.05) is 45.3 Å². The lowest BCUT2D eigenvalue weighted by Crippen LogP contribution is -2.35. The molecule has 1 amide bonds. The Morgan fingerprint density at radius 3 is 2.85 bits per heavy atom. The molecule has 0 radical (unpaired) electrons. The lowest BCUT2D eigenvalue weighted by atomic mass is 10.1. The SMILES string of the molecule is CCC[C@H](N)C(=O)Nc1cccc(OCCN(C)C)c1. The number of hydrogen-bond acceptors (Lipinski definition) is 4. The summed E-state index contributed by atoms with van der Waals surface area (Å²) in [5, 5.41) is 2.81. The van der Waals surface area contributed by atoms with Gasteiger partial charge in [0.25, 0.3) is 0 Å². The number of nitrogens with two attached hydrogens (primary N) is 1. The van der Waals surface area contributed by atoms with E-state index in [1.165, 1.54) is 0 Å². The fourth-order valence-corrected chi connectivity index (χ4v) is 1.69. The Bertz CT molecular complexity index is 421. The van der Waals surface area contributed by atoms with Gasteiger partial charge in [-0.15, -0.1) is 0 Å². The van der Waals surface area contributed by atoms with Crippen molar-refractivity contribution in [2.75, 3.05) is 32.6 Å². The van der Waals surface area contributed by atoms with Gasteiger partial charge in [0.15, 0.2) is 0 Å². The van der Waals surface area contributed by atoms with Gasteiger partial charge in [0.05, 0.1) is 6.04 Å². The lowest BCUT2D eigenvalue weighted by molar-refractivity contribution is -0.117. The summed E-state index contributed by atoms with van der Waals surface area (Å²) in [6, 6.07) is 6.91. The standard InChI is InChI=1S/C15H25N3O2/c1-4-6-14(16)15(19)17-12-7-5-8-13(11-12)20-10-9-18(2)3/h5,7-8,11,14H,4,6,9-10,16H2,1-3H3,(H,17,19)/t14-/m0/s1. The van der Waals surface area contributed by atoms with Crippen molar-refractivity contribution in [1.82, 2.24) is 4.90 Å². The summed E-state index contributed by atoms with van der Waals surface area (Å²) in [7, 11) is 3.99. The van der Waals surface area contributed by atoms with Crippen LogP contribution >= 0.6 is 0 Å². The van der Waals surface area contributed by atoms with Crippen LogP contribution < -0.4 is 15.8 Å². The van der Waals surface area contributed by atoms with Crippen molar-refractivity contribution in [3.8, 4) is 5.75 Å². The number of carbonyl (C=O) groups is 1. The molecule has 5 nitrogen and oxygen atoms in total. The third kappa shape index (κ3) is 6.04. The van der Waals surface area contributed by atoms with Crippen LogP contribution in [0.15, 0.2) is 24.3 Å². The van der Waals surface area contributed by atoms with Gasteiger partial charge in [-0.3, -0.25) is 4.79 Å². The van der Waals surface area contributed by atoms with Crippen molar-refractivity contribution in [3.63, 3.8) is 0 Å². The van der Waals surface area contributed by atoms with Crippen molar-refractivity contribution in [2.24, 2.45) is 5.73 Å². The topological polar surface area (TPSA) is 67.6 Å². The summed E-state index contributed by atoms with van der Waals surface area (Å²) < 4.78 is 5.62. The zero-order valence-electron chi connectivity index (χ0n) is 12.6. The Balaban J connectivity index is 2.52. The molecule has 3 N–H and O–H groups in total. The number of ether oxygens (including phenoxy) is 1. The van der Waals surface area contributed by atoms with Gasteiger partial charge in [0.2, 0.25) is 5.91 Å². The monoisotopic (exact) mass is 279 g/mol. The van der Waals surface area contributed by atoms with E-state index in [0.29, 0.717) is 18.7 Å². The average Bonchev–Trinajstić information content (AvgIpc) is 2.39. The van der Waals surface area contributed by atoms with E-state index in [0.717, 1.165) is 18.7 Å². The predicted molar refractivity (Wildman–Crippen MR) is 82.0 cm³/mol. The lowest BCUT2D eigenvalue weighted by Gasteiger charge is -2.13. The van der Waals surface area contributed by atoms with E-state index < -0.39 is 6.04 Å². The number of carbonyl (C=O) groups excluding carboxylic acids is 1. The maximum Gasteiger partial charge on any atom is 0.241 e. The molecular weight excluding hydrogens is 254 g/mol. The molecule has 1 aromatic carbocycles. The Hall–Kier alpha value is -1.59. The average molecular weight is 279 g/mol. The van der Waals surface area contributed by atoms with Crippen LogP contribution in [0.1, 0.15) is 19.8 Å². The van der Waals surface area contributed by atoms with Gasteiger partial charge in [-0.1, -0.05) is 19.4 Å². The van der Waals surface area contributed by atoms with Gasteiger partial charge in [0, 0.05) is 18.3 Å². The van der Waals surface area contributed by atoms with Crippen LogP contribution in [-0.2, 0) is 4.79 Å². The fourth-order valence-electron chi connectivity index (χ4n) is 1.69. The second-order valence-electron chi connectivity index (χ2n) is 5.06. The number of rotatable bonds is 8. The highest BCUT2D eigenvalue weighted by Gasteiger charge is 2.12. The number of hydrogen-bond donors (Lipinski definition) is 2. The second-order valence-corrected chi connectivity index (χ2v) is 5.06. The second kappa shape index (κ2) is 8.55. The molecule has 20 heavy (non-hydrogen) atoms. The Morgan fingerprint density at radius 2 is 2.20 bits per heavy atom. The van der Waals surface area contributed by atoms with Crippen molar-refractivity contribution in [3.05, 3.63) is 24.3 Å². The molecule has 0 aliphatic carbocycles. The van der Waals surface area contributed by atoms with E-state index in [-0.39, 0.29) is 5.91 Å². The van der Waals surface area contributed by atoms with Crippen LogP contribution in [-0.4, -0.2) is 44.1 Å².